The summed E-state index contributed by atoms with van der Waals surface area (Å²) in [5.74, 6) is -1.80. The predicted molar refractivity (Wildman–Crippen MR) is 93.7 cm³/mol. The SMILES string of the molecule is COC(=O)c1cn(-c2cccc(NC(=O)N3CCC(C(=O)O)CC3)c2)nn1. The molecule has 10 nitrogen and oxygen atoms in total. The molecule has 142 valence electrons. The highest BCUT2D eigenvalue weighted by Crippen LogP contribution is 2.19. The average molecular weight is 373 g/mol. The van der Waals surface area contributed by atoms with E-state index in [9.17, 15) is 14.4 Å². The number of carbonyl (C=O) groups is 3. The third-order valence-corrected chi connectivity index (χ3v) is 4.38. The molecule has 2 aromatic rings. The lowest BCUT2D eigenvalue weighted by atomic mass is 9.97. The maximum Gasteiger partial charge on any atom is 0.360 e. The van der Waals surface area contributed by atoms with E-state index in [1.54, 1.807) is 29.2 Å². The monoisotopic (exact) mass is 373 g/mol. The number of esters is 1. The van der Waals surface area contributed by atoms with Gasteiger partial charge in [-0.2, -0.15) is 0 Å². The first-order chi connectivity index (χ1) is 13.0. The molecule has 3 rings (SSSR count). The summed E-state index contributed by atoms with van der Waals surface area (Å²) in [6.07, 6.45) is 2.32. The van der Waals surface area contributed by atoms with Gasteiger partial charge in [0.25, 0.3) is 0 Å². The Bertz CT molecular complexity index is 857. The van der Waals surface area contributed by atoms with E-state index in [-0.39, 0.29) is 11.7 Å². The summed E-state index contributed by atoms with van der Waals surface area (Å²) < 4.78 is 6.00. The van der Waals surface area contributed by atoms with Gasteiger partial charge >= 0.3 is 18.0 Å². The molecular formula is C17H19N5O5. The van der Waals surface area contributed by atoms with Crippen molar-refractivity contribution in [3.8, 4) is 5.69 Å². The minimum absolute atomic E-state index is 0.0771. The number of nitrogens with zero attached hydrogens (tertiary/aromatic N) is 4. The lowest BCUT2D eigenvalue weighted by molar-refractivity contribution is -0.143. The molecule has 0 spiro atoms. The topological polar surface area (TPSA) is 127 Å². The Kier molecular flexibility index (Phi) is 5.34. The third-order valence-electron chi connectivity index (χ3n) is 4.38. The Hall–Kier alpha value is -3.43. The van der Waals surface area contributed by atoms with Crippen molar-refractivity contribution in [1.29, 1.82) is 0 Å². The summed E-state index contributed by atoms with van der Waals surface area (Å²) in [5, 5.41) is 19.4. The van der Waals surface area contributed by atoms with Crippen molar-refractivity contribution in [2.45, 2.75) is 12.8 Å². The van der Waals surface area contributed by atoms with E-state index in [4.69, 9.17) is 5.11 Å². The number of likely N-dealkylation sites (tertiary alicyclic amines) is 1. The van der Waals surface area contributed by atoms with Crippen molar-refractivity contribution in [3.05, 3.63) is 36.2 Å². The number of anilines is 1. The fourth-order valence-electron chi connectivity index (χ4n) is 2.85. The minimum Gasteiger partial charge on any atom is -0.481 e. The van der Waals surface area contributed by atoms with E-state index in [2.05, 4.69) is 20.4 Å². The van der Waals surface area contributed by atoms with Crippen molar-refractivity contribution >= 4 is 23.7 Å². The number of nitrogens with one attached hydrogen (secondary N) is 1. The van der Waals surface area contributed by atoms with Crippen LogP contribution in [-0.2, 0) is 9.53 Å². The van der Waals surface area contributed by atoms with Crippen molar-refractivity contribution in [1.82, 2.24) is 19.9 Å². The Morgan fingerprint density at radius 2 is 2.00 bits per heavy atom. The van der Waals surface area contributed by atoms with Crippen LogP contribution in [0.1, 0.15) is 23.3 Å². The van der Waals surface area contributed by atoms with Crippen LogP contribution < -0.4 is 5.32 Å². The number of hydrogen-bond acceptors (Lipinski definition) is 6. The molecule has 1 aromatic carbocycles. The Morgan fingerprint density at radius 1 is 1.26 bits per heavy atom. The van der Waals surface area contributed by atoms with Crippen LogP contribution >= 0.6 is 0 Å². The highest BCUT2D eigenvalue weighted by atomic mass is 16.5. The summed E-state index contributed by atoms with van der Waals surface area (Å²) in [6, 6.07) is 6.62. The van der Waals surface area contributed by atoms with Gasteiger partial charge in [0, 0.05) is 18.8 Å². The maximum atomic E-state index is 12.4. The van der Waals surface area contributed by atoms with E-state index in [0.717, 1.165) is 0 Å². The Labute approximate surface area is 154 Å². The third kappa shape index (κ3) is 4.22. The van der Waals surface area contributed by atoms with Gasteiger partial charge < -0.3 is 20.1 Å². The van der Waals surface area contributed by atoms with Crippen LogP contribution in [0.2, 0.25) is 0 Å². The van der Waals surface area contributed by atoms with Gasteiger partial charge in [-0.25, -0.2) is 14.3 Å². The van der Waals surface area contributed by atoms with Gasteiger partial charge in [-0.05, 0) is 31.0 Å². The average Bonchev–Trinajstić information content (AvgIpc) is 3.18. The van der Waals surface area contributed by atoms with Gasteiger partial charge in [0.2, 0.25) is 0 Å². The van der Waals surface area contributed by atoms with Crippen molar-refractivity contribution in [2.75, 3.05) is 25.5 Å². The number of aromatic nitrogens is 3. The number of urea groups is 1. The number of hydrogen-bond donors (Lipinski definition) is 2. The van der Waals surface area contributed by atoms with Gasteiger partial charge in [0.05, 0.1) is 24.9 Å². The van der Waals surface area contributed by atoms with Crippen molar-refractivity contribution in [2.24, 2.45) is 5.92 Å². The molecule has 0 radical (unpaired) electrons. The Balaban J connectivity index is 1.66. The van der Waals surface area contributed by atoms with Gasteiger partial charge in [0.15, 0.2) is 5.69 Å². The van der Waals surface area contributed by atoms with Crippen LogP contribution in [0.4, 0.5) is 10.5 Å². The molecule has 10 heteroatoms. The molecule has 2 amide bonds. The predicted octanol–water partition coefficient (Wildman–Crippen LogP) is 1.38. The maximum absolute atomic E-state index is 12.4. The largest absolute Gasteiger partial charge is 0.481 e. The summed E-state index contributed by atoms with van der Waals surface area (Å²) in [7, 11) is 1.26. The smallest absolute Gasteiger partial charge is 0.360 e. The molecule has 2 heterocycles. The quantitative estimate of drug-likeness (QED) is 0.775. The number of rotatable bonds is 4. The number of carboxylic acids is 1. The number of piperidine rings is 1. The lowest BCUT2D eigenvalue weighted by Gasteiger charge is -2.30. The van der Waals surface area contributed by atoms with E-state index >= 15 is 0 Å². The lowest BCUT2D eigenvalue weighted by Crippen LogP contribution is -2.42. The number of ether oxygens (including phenoxy) is 1. The molecule has 1 fully saturated rings. The van der Waals surface area contributed by atoms with Crippen LogP contribution in [0.25, 0.3) is 5.69 Å². The van der Waals surface area contributed by atoms with Gasteiger partial charge in [0.1, 0.15) is 0 Å². The minimum atomic E-state index is -0.818. The first kappa shape index (κ1) is 18.4. The van der Waals surface area contributed by atoms with E-state index in [1.807, 2.05) is 0 Å². The molecule has 1 aliphatic rings. The fourth-order valence-corrected chi connectivity index (χ4v) is 2.85. The molecule has 2 N–H and O–H groups in total. The molecule has 1 saturated heterocycles. The van der Waals surface area contributed by atoms with Gasteiger partial charge in [-0.15, -0.1) is 5.10 Å². The molecule has 1 aromatic heterocycles. The van der Waals surface area contributed by atoms with Crippen LogP contribution in [0, 0.1) is 5.92 Å². The zero-order valence-corrected chi connectivity index (χ0v) is 14.7. The second-order valence-corrected chi connectivity index (χ2v) is 6.12. The molecule has 0 aliphatic carbocycles. The first-order valence-corrected chi connectivity index (χ1v) is 8.38. The van der Waals surface area contributed by atoms with E-state index < -0.39 is 17.9 Å². The van der Waals surface area contributed by atoms with Crippen LogP contribution in [0.3, 0.4) is 0 Å². The van der Waals surface area contributed by atoms with Crippen LogP contribution in [0.5, 0.6) is 0 Å². The number of carbonyl (C=O) groups excluding carboxylic acids is 2. The number of carboxylic acid groups (broad SMARTS) is 1. The fraction of sp³-hybridized carbons (Fsp3) is 0.353. The molecule has 0 saturated carbocycles. The number of benzene rings is 1. The second kappa shape index (κ2) is 7.85. The van der Waals surface area contributed by atoms with Gasteiger partial charge in [-0.1, -0.05) is 11.3 Å². The zero-order valence-electron chi connectivity index (χ0n) is 14.7. The van der Waals surface area contributed by atoms with E-state index in [1.165, 1.54) is 18.0 Å². The van der Waals surface area contributed by atoms with Crippen LogP contribution in [-0.4, -0.2) is 63.2 Å². The molecule has 1 aliphatic heterocycles. The highest BCUT2D eigenvalue weighted by Gasteiger charge is 2.27. The number of methoxy groups -OCH3 is 1. The van der Waals surface area contributed by atoms with Crippen molar-refractivity contribution in [3.63, 3.8) is 0 Å². The zero-order chi connectivity index (χ0) is 19.4. The van der Waals surface area contributed by atoms with Gasteiger partial charge in [-0.3, -0.25) is 4.79 Å². The highest BCUT2D eigenvalue weighted by molar-refractivity contribution is 5.90. The molecule has 27 heavy (non-hydrogen) atoms. The summed E-state index contributed by atoms with van der Waals surface area (Å²) in [5.41, 5.74) is 1.24. The first-order valence-electron chi connectivity index (χ1n) is 8.38. The summed E-state index contributed by atoms with van der Waals surface area (Å²) >= 11 is 0. The standard InChI is InChI=1S/C17H19N5O5/c1-27-16(25)14-10-22(20-19-14)13-4-2-3-12(9-13)18-17(26)21-7-5-11(6-8-21)15(23)24/h2-4,9-11H,5-8H2,1H3,(H,18,26)(H,23,24). The normalized spacial score (nSPS) is 14.6. The number of amides is 2. The summed E-state index contributed by atoms with van der Waals surface area (Å²) in [6.45, 7) is 0.794. The molecular weight excluding hydrogens is 354 g/mol. The molecule has 0 atom stereocenters. The van der Waals surface area contributed by atoms with E-state index in [0.29, 0.717) is 37.3 Å². The van der Waals surface area contributed by atoms with Crippen LogP contribution in [0.15, 0.2) is 30.5 Å². The van der Waals surface area contributed by atoms with Crippen molar-refractivity contribution < 1.29 is 24.2 Å². The summed E-state index contributed by atoms with van der Waals surface area (Å²) in [4.78, 5) is 36.5. The molecule has 0 bridgehead atoms. The Morgan fingerprint density at radius 3 is 2.67 bits per heavy atom. The number of aliphatic carboxylic acids is 1. The molecule has 0 unspecified atom stereocenters. The second-order valence-electron chi connectivity index (χ2n) is 6.12.